The van der Waals surface area contributed by atoms with Gasteiger partial charge in [-0.1, -0.05) is 28.8 Å². The predicted molar refractivity (Wildman–Crippen MR) is 123 cm³/mol. The van der Waals surface area contributed by atoms with Gasteiger partial charge in [-0.2, -0.15) is 0 Å². The molecule has 0 fully saturated rings. The van der Waals surface area contributed by atoms with E-state index < -0.39 is 36.6 Å². The number of nitrogens with one attached hydrogen (secondary N) is 1. The number of rotatable bonds is 9. The average molecular weight is 512 g/mol. The Labute approximate surface area is 197 Å². The predicted octanol–water partition coefficient (Wildman–Crippen LogP) is 3.30. The van der Waals surface area contributed by atoms with Gasteiger partial charge in [-0.05, 0) is 55.8 Å². The van der Waals surface area contributed by atoms with E-state index >= 15 is 0 Å². The van der Waals surface area contributed by atoms with Crippen molar-refractivity contribution in [2.75, 3.05) is 11.1 Å². The molecular formula is C21H22ClN3O6S2. The summed E-state index contributed by atoms with van der Waals surface area (Å²) in [6.45, 7) is 3.23. The standard InChI is InChI=1S/C21H22ClN3O6S2/c1-14(2)33(29,30)18-7-3-15(4-8-18)13-20-24-25-21(31-20)23-19(26)11-12-32(27,28)17-9-5-16(22)6-10-17/h3-10,14H,11-13H2,1-2H3,(H,23,25,26). The van der Waals surface area contributed by atoms with E-state index in [2.05, 4.69) is 15.5 Å². The van der Waals surface area contributed by atoms with Crippen molar-refractivity contribution in [1.29, 1.82) is 0 Å². The van der Waals surface area contributed by atoms with Crippen LogP contribution in [0.25, 0.3) is 0 Å². The third kappa shape index (κ3) is 6.40. The maximum absolute atomic E-state index is 12.3. The number of amides is 1. The Hall–Kier alpha value is -2.76. The number of halogens is 1. The topological polar surface area (TPSA) is 136 Å². The van der Waals surface area contributed by atoms with Crippen LogP contribution in [0.5, 0.6) is 0 Å². The van der Waals surface area contributed by atoms with Crippen molar-refractivity contribution in [3.63, 3.8) is 0 Å². The van der Waals surface area contributed by atoms with Crippen LogP contribution in [-0.2, 0) is 30.9 Å². The van der Waals surface area contributed by atoms with E-state index in [0.717, 1.165) is 5.56 Å². The lowest BCUT2D eigenvalue weighted by molar-refractivity contribution is -0.116. The molecule has 0 aliphatic heterocycles. The molecule has 1 aromatic heterocycles. The Morgan fingerprint density at radius 2 is 1.58 bits per heavy atom. The molecule has 176 valence electrons. The molecule has 0 unspecified atom stereocenters. The molecule has 0 atom stereocenters. The molecule has 9 nitrogen and oxygen atoms in total. The summed E-state index contributed by atoms with van der Waals surface area (Å²) in [4.78, 5) is 12.4. The van der Waals surface area contributed by atoms with E-state index in [9.17, 15) is 21.6 Å². The van der Waals surface area contributed by atoms with Crippen LogP contribution in [0.2, 0.25) is 5.02 Å². The second kappa shape index (κ2) is 10.0. The lowest BCUT2D eigenvalue weighted by atomic mass is 10.1. The second-order valence-corrected chi connectivity index (χ2v) is 12.5. The number of nitrogens with zero attached hydrogens (tertiary/aromatic N) is 2. The molecule has 0 aliphatic carbocycles. The minimum absolute atomic E-state index is 0.0759. The summed E-state index contributed by atoms with van der Waals surface area (Å²) in [6, 6.07) is 11.9. The number of sulfone groups is 2. The normalized spacial score (nSPS) is 12.1. The van der Waals surface area contributed by atoms with Crippen LogP contribution >= 0.6 is 11.6 Å². The minimum Gasteiger partial charge on any atom is -0.407 e. The van der Waals surface area contributed by atoms with Crippen molar-refractivity contribution in [1.82, 2.24) is 10.2 Å². The number of hydrogen-bond donors (Lipinski definition) is 1. The molecule has 3 aromatic rings. The van der Waals surface area contributed by atoms with Gasteiger partial charge in [0.2, 0.25) is 11.8 Å². The Balaban J connectivity index is 1.56. The minimum atomic E-state index is -3.65. The van der Waals surface area contributed by atoms with Gasteiger partial charge < -0.3 is 4.42 Å². The van der Waals surface area contributed by atoms with Crippen molar-refractivity contribution in [2.45, 2.75) is 41.7 Å². The number of anilines is 1. The zero-order valence-corrected chi connectivity index (χ0v) is 20.2. The molecule has 3 rings (SSSR count). The first-order valence-electron chi connectivity index (χ1n) is 9.91. The maximum Gasteiger partial charge on any atom is 0.322 e. The van der Waals surface area contributed by atoms with Crippen LogP contribution in [-0.4, -0.2) is 43.9 Å². The van der Waals surface area contributed by atoms with Crippen molar-refractivity contribution >= 4 is 43.2 Å². The van der Waals surface area contributed by atoms with Crippen LogP contribution in [0.3, 0.4) is 0 Å². The van der Waals surface area contributed by atoms with Gasteiger partial charge in [0, 0.05) is 11.4 Å². The fourth-order valence-electron chi connectivity index (χ4n) is 2.79. The van der Waals surface area contributed by atoms with Crippen LogP contribution in [0.15, 0.2) is 62.7 Å². The summed E-state index contributed by atoms with van der Waals surface area (Å²) in [5, 5.41) is 9.85. The van der Waals surface area contributed by atoms with Crippen LogP contribution < -0.4 is 5.32 Å². The monoisotopic (exact) mass is 511 g/mol. The van der Waals surface area contributed by atoms with Crippen molar-refractivity contribution in [3.05, 3.63) is 65.0 Å². The summed E-state index contributed by atoms with van der Waals surface area (Å²) in [5.41, 5.74) is 0.744. The van der Waals surface area contributed by atoms with Crippen molar-refractivity contribution < 1.29 is 26.0 Å². The van der Waals surface area contributed by atoms with E-state index in [4.69, 9.17) is 16.0 Å². The molecule has 1 amide bonds. The number of carbonyl (C=O) groups excluding carboxylic acids is 1. The molecule has 33 heavy (non-hydrogen) atoms. The summed E-state index contributed by atoms with van der Waals surface area (Å²) in [6.07, 6.45) is -0.0652. The first-order valence-corrected chi connectivity index (χ1v) is 13.5. The van der Waals surface area contributed by atoms with Crippen LogP contribution in [0, 0.1) is 0 Å². The van der Waals surface area contributed by atoms with Gasteiger partial charge in [-0.15, -0.1) is 5.10 Å². The fraction of sp³-hybridized carbons (Fsp3) is 0.286. The third-order valence-electron chi connectivity index (χ3n) is 4.71. The van der Waals surface area contributed by atoms with E-state index in [-0.39, 0.29) is 34.5 Å². The molecule has 0 radical (unpaired) electrons. The quantitative estimate of drug-likeness (QED) is 0.462. The van der Waals surface area contributed by atoms with Gasteiger partial charge in [-0.25, -0.2) is 16.8 Å². The molecular weight excluding hydrogens is 490 g/mol. The zero-order chi connectivity index (χ0) is 24.2. The second-order valence-electron chi connectivity index (χ2n) is 7.49. The molecule has 1 N–H and O–H groups in total. The molecule has 12 heteroatoms. The van der Waals surface area contributed by atoms with Gasteiger partial charge in [0.05, 0.1) is 27.2 Å². The zero-order valence-electron chi connectivity index (χ0n) is 17.9. The van der Waals surface area contributed by atoms with Crippen LogP contribution in [0.4, 0.5) is 6.01 Å². The number of hydrogen-bond acceptors (Lipinski definition) is 8. The molecule has 2 aromatic carbocycles. The summed E-state index contributed by atoms with van der Waals surface area (Å²) in [5.74, 6) is -0.780. The SMILES string of the molecule is CC(C)S(=O)(=O)c1ccc(Cc2nnc(NC(=O)CCS(=O)(=O)c3ccc(Cl)cc3)o2)cc1. The number of benzene rings is 2. The Kier molecular flexibility index (Phi) is 7.55. The number of carbonyl (C=O) groups is 1. The molecule has 0 saturated carbocycles. The van der Waals surface area contributed by atoms with Gasteiger partial charge >= 0.3 is 6.01 Å². The Morgan fingerprint density at radius 1 is 0.970 bits per heavy atom. The smallest absolute Gasteiger partial charge is 0.322 e. The van der Waals surface area contributed by atoms with Gasteiger partial charge in [0.15, 0.2) is 19.7 Å². The fourth-order valence-corrected chi connectivity index (χ4v) is 5.21. The molecule has 0 aliphatic rings. The highest BCUT2D eigenvalue weighted by Gasteiger charge is 2.20. The first kappa shape index (κ1) is 24.9. The van der Waals surface area contributed by atoms with Crippen molar-refractivity contribution in [2.24, 2.45) is 0 Å². The van der Waals surface area contributed by atoms with Gasteiger partial charge in [0.1, 0.15) is 0 Å². The largest absolute Gasteiger partial charge is 0.407 e. The Bertz CT molecular complexity index is 1330. The lowest BCUT2D eigenvalue weighted by Gasteiger charge is -2.08. The maximum atomic E-state index is 12.3. The van der Waals surface area contributed by atoms with E-state index in [0.29, 0.717) is 5.02 Å². The summed E-state index contributed by atoms with van der Waals surface area (Å²) in [7, 11) is -7.01. The lowest BCUT2D eigenvalue weighted by Crippen LogP contribution is -2.17. The van der Waals surface area contributed by atoms with E-state index in [1.165, 1.54) is 36.4 Å². The molecule has 0 bridgehead atoms. The first-order chi connectivity index (χ1) is 15.5. The molecule has 1 heterocycles. The average Bonchev–Trinajstić information content (AvgIpc) is 3.19. The van der Waals surface area contributed by atoms with Crippen LogP contribution in [0.1, 0.15) is 31.7 Å². The highest BCUT2D eigenvalue weighted by Crippen LogP contribution is 2.19. The highest BCUT2D eigenvalue weighted by molar-refractivity contribution is 7.92. The third-order valence-corrected chi connectivity index (χ3v) is 8.87. The summed E-state index contributed by atoms with van der Waals surface area (Å²) < 4.78 is 54.4. The highest BCUT2D eigenvalue weighted by atomic mass is 35.5. The van der Waals surface area contributed by atoms with Gasteiger partial charge in [-0.3, -0.25) is 10.1 Å². The Morgan fingerprint density at radius 3 is 2.18 bits per heavy atom. The summed E-state index contributed by atoms with van der Waals surface area (Å²) >= 11 is 5.76. The number of aromatic nitrogens is 2. The molecule has 0 saturated heterocycles. The van der Waals surface area contributed by atoms with Gasteiger partial charge in [0.25, 0.3) is 0 Å². The molecule has 0 spiro atoms. The van der Waals surface area contributed by atoms with E-state index in [1.54, 1.807) is 26.0 Å². The van der Waals surface area contributed by atoms with Crippen molar-refractivity contribution in [3.8, 4) is 0 Å². The van der Waals surface area contributed by atoms with E-state index in [1.807, 2.05) is 0 Å².